The molecule has 0 saturated heterocycles. The van der Waals surface area contributed by atoms with Gasteiger partial charge in [0.1, 0.15) is 5.69 Å². The molecule has 1 rings (SSSR count). The first-order chi connectivity index (χ1) is 7.24. The smallest absolute Gasteiger partial charge is 0.286 e. The van der Waals surface area contributed by atoms with Crippen molar-refractivity contribution in [3.63, 3.8) is 0 Å². The molecule has 0 radical (unpaired) electrons. The molecule has 0 unspecified atom stereocenters. The molecule has 0 aliphatic heterocycles. The summed E-state index contributed by atoms with van der Waals surface area (Å²) < 4.78 is 0. The molecule has 0 fully saturated rings. The van der Waals surface area contributed by atoms with Gasteiger partial charge in [0.05, 0.1) is 0 Å². The third-order valence-corrected chi connectivity index (χ3v) is 1.92. The van der Waals surface area contributed by atoms with Crippen molar-refractivity contribution in [2.75, 3.05) is 0 Å². The second-order valence-electron chi connectivity index (χ2n) is 3.19. The number of rotatable bonds is 4. The maximum absolute atomic E-state index is 11.3. The minimum Gasteiger partial charge on any atom is -0.357 e. The molecule has 0 spiro atoms. The highest BCUT2D eigenvalue weighted by atomic mass is 16.2. The third kappa shape index (κ3) is 3.84. The Morgan fingerprint density at radius 1 is 1.40 bits per heavy atom. The van der Waals surface area contributed by atoms with Gasteiger partial charge in [-0.05, 0) is 18.6 Å². The lowest BCUT2D eigenvalue weighted by Crippen LogP contribution is -2.41. The molecule has 0 aromatic carbocycles. The molecule has 0 bridgehead atoms. The molecule has 1 heterocycles. The number of aromatic nitrogens is 1. The van der Waals surface area contributed by atoms with Gasteiger partial charge in [-0.25, -0.2) is 0 Å². The predicted molar refractivity (Wildman–Crippen MR) is 55.9 cm³/mol. The van der Waals surface area contributed by atoms with Crippen molar-refractivity contribution in [2.24, 2.45) is 0 Å². The molecule has 0 atom stereocenters. The molecule has 5 heteroatoms. The first-order valence-corrected chi connectivity index (χ1v) is 4.96. The number of amides is 2. The van der Waals surface area contributed by atoms with Crippen molar-refractivity contribution in [3.8, 4) is 0 Å². The van der Waals surface area contributed by atoms with E-state index in [-0.39, 0.29) is 11.8 Å². The average Bonchev–Trinajstić information content (AvgIpc) is 2.76. The van der Waals surface area contributed by atoms with Gasteiger partial charge in [0.25, 0.3) is 5.91 Å². The van der Waals surface area contributed by atoms with Crippen LogP contribution < -0.4 is 10.9 Å². The van der Waals surface area contributed by atoms with Crippen LogP contribution in [0.15, 0.2) is 18.3 Å². The van der Waals surface area contributed by atoms with Gasteiger partial charge in [-0.3, -0.25) is 20.4 Å². The van der Waals surface area contributed by atoms with E-state index in [0.29, 0.717) is 12.1 Å². The van der Waals surface area contributed by atoms with Gasteiger partial charge < -0.3 is 4.98 Å². The number of carbonyl (C=O) groups excluding carboxylic acids is 2. The summed E-state index contributed by atoms with van der Waals surface area (Å²) in [7, 11) is 0. The number of aromatic amines is 1. The zero-order chi connectivity index (χ0) is 11.1. The fourth-order valence-corrected chi connectivity index (χ4v) is 1.07. The van der Waals surface area contributed by atoms with Gasteiger partial charge in [-0.1, -0.05) is 13.3 Å². The van der Waals surface area contributed by atoms with E-state index in [0.717, 1.165) is 12.8 Å². The van der Waals surface area contributed by atoms with Gasteiger partial charge >= 0.3 is 0 Å². The van der Waals surface area contributed by atoms with Gasteiger partial charge in [0, 0.05) is 12.6 Å². The van der Waals surface area contributed by atoms with Gasteiger partial charge in [-0.2, -0.15) is 0 Å². The number of hydrogen-bond donors (Lipinski definition) is 3. The average molecular weight is 209 g/mol. The summed E-state index contributed by atoms with van der Waals surface area (Å²) in [6.07, 6.45) is 3.86. The van der Waals surface area contributed by atoms with E-state index >= 15 is 0 Å². The van der Waals surface area contributed by atoms with E-state index in [9.17, 15) is 9.59 Å². The summed E-state index contributed by atoms with van der Waals surface area (Å²) in [6, 6.07) is 3.35. The Morgan fingerprint density at radius 2 is 2.20 bits per heavy atom. The van der Waals surface area contributed by atoms with Crippen LogP contribution in [0.3, 0.4) is 0 Å². The normalized spacial score (nSPS) is 9.67. The number of hydrogen-bond acceptors (Lipinski definition) is 2. The summed E-state index contributed by atoms with van der Waals surface area (Å²) in [4.78, 5) is 25.2. The molecule has 82 valence electrons. The number of H-pyrrole nitrogens is 1. The Hall–Kier alpha value is -1.78. The molecule has 5 nitrogen and oxygen atoms in total. The van der Waals surface area contributed by atoms with Crippen LogP contribution in [0.2, 0.25) is 0 Å². The van der Waals surface area contributed by atoms with Crippen LogP contribution in [-0.4, -0.2) is 16.8 Å². The quantitative estimate of drug-likeness (QED) is 0.646. The maximum atomic E-state index is 11.3. The Kier molecular flexibility index (Phi) is 4.40. The molecule has 1 aromatic rings. The van der Waals surface area contributed by atoms with Crippen molar-refractivity contribution in [3.05, 3.63) is 24.0 Å². The highest BCUT2D eigenvalue weighted by Gasteiger charge is 2.06. The first kappa shape index (κ1) is 11.3. The van der Waals surface area contributed by atoms with E-state index in [4.69, 9.17) is 0 Å². The van der Waals surface area contributed by atoms with Crippen molar-refractivity contribution in [2.45, 2.75) is 26.2 Å². The largest absolute Gasteiger partial charge is 0.357 e. The highest BCUT2D eigenvalue weighted by molar-refractivity contribution is 5.93. The Morgan fingerprint density at radius 3 is 2.80 bits per heavy atom. The zero-order valence-electron chi connectivity index (χ0n) is 8.67. The lowest BCUT2D eigenvalue weighted by Gasteiger charge is -2.05. The lowest BCUT2D eigenvalue weighted by atomic mass is 10.2. The second-order valence-corrected chi connectivity index (χ2v) is 3.19. The standard InChI is InChI=1S/C10H15N3O2/c1-2-3-6-9(14)12-13-10(15)8-5-4-7-11-8/h4-5,7,11H,2-3,6H2,1H3,(H,12,14)(H,13,15). The third-order valence-electron chi connectivity index (χ3n) is 1.92. The molecule has 1 aromatic heterocycles. The first-order valence-electron chi connectivity index (χ1n) is 4.96. The van der Waals surface area contributed by atoms with Crippen molar-refractivity contribution in [1.82, 2.24) is 15.8 Å². The maximum Gasteiger partial charge on any atom is 0.286 e. The SMILES string of the molecule is CCCCC(=O)NNC(=O)c1ccc[nH]1. The Bertz CT molecular complexity index is 319. The molecule has 0 aliphatic carbocycles. The molecule has 0 saturated carbocycles. The van der Waals surface area contributed by atoms with Crippen LogP contribution in [0, 0.1) is 0 Å². The van der Waals surface area contributed by atoms with Crippen LogP contribution in [0.5, 0.6) is 0 Å². The molecular weight excluding hydrogens is 194 g/mol. The van der Waals surface area contributed by atoms with Crippen LogP contribution >= 0.6 is 0 Å². The molecule has 3 N–H and O–H groups in total. The van der Waals surface area contributed by atoms with E-state index in [1.165, 1.54) is 0 Å². The minimum absolute atomic E-state index is 0.170. The van der Waals surface area contributed by atoms with Gasteiger partial charge in [-0.15, -0.1) is 0 Å². The lowest BCUT2D eigenvalue weighted by molar-refractivity contribution is -0.121. The van der Waals surface area contributed by atoms with Crippen LogP contribution in [0.25, 0.3) is 0 Å². The minimum atomic E-state index is -0.343. The highest BCUT2D eigenvalue weighted by Crippen LogP contribution is 1.94. The monoisotopic (exact) mass is 209 g/mol. The molecular formula is C10H15N3O2. The van der Waals surface area contributed by atoms with E-state index in [2.05, 4.69) is 15.8 Å². The number of hydrazine groups is 1. The van der Waals surface area contributed by atoms with Crippen LogP contribution in [0.1, 0.15) is 36.7 Å². The van der Waals surface area contributed by atoms with Crippen LogP contribution in [-0.2, 0) is 4.79 Å². The van der Waals surface area contributed by atoms with Gasteiger partial charge in [0.2, 0.25) is 5.91 Å². The van der Waals surface area contributed by atoms with E-state index < -0.39 is 0 Å². The predicted octanol–water partition coefficient (Wildman–Crippen LogP) is 0.966. The second kappa shape index (κ2) is 5.85. The summed E-state index contributed by atoms with van der Waals surface area (Å²) >= 11 is 0. The number of carbonyl (C=O) groups is 2. The molecule has 15 heavy (non-hydrogen) atoms. The Labute approximate surface area is 88.2 Å². The zero-order valence-corrected chi connectivity index (χ0v) is 8.67. The van der Waals surface area contributed by atoms with Crippen molar-refractivity contribution >= 4 is 11.8 Å². The van der Waals surface area contributed by atoms with Crippen molar-refractivity contribution < 1.29 is 9.59 Å². The molecule has 0 aliphatic rings. The van der Waals surface area contributed by atoms with Gasteiger partial charge in [0.15, 0.2) is 0 Å². The summed E-state index contributed by atoms with van der Waals surface area (Å²) in [6.45, 7) is 2.00. The van der Waals surface area contributed by atoms with E-state index in [1.807, 2.05) is 6.92 Å². The van der Waals surface area contributed by atoms with Crippen LogP contribution in [0.4, 0.5) is 0 Å². The van der Waals surface area contributed by atoms with Crippen molar-refractivity contribution in [1.29, 1.82) is 0 Å². The fourth-order valence-electron chi connectivity index (χ4n) is 1.07. The number of nitrogens with one attached hydrogen (secondary N) is 3. The van der Waals surface area contributed by atoms with E-state index in [1.54, 1.807) is 18.3 Å². The topological polar surface area (TPSA) is 74.0 Å². The summed E-state index contributed by atoms with van der Waals surface area (Å²) in [5.41, 5.74) is 5.09. The number of unbranched alkanes of at least 4 members (excludes halogenated alkanes) is 1. The molecule has 2 amide bonds. The summed E-state index contributed by atoms with van der Waals surface area (Å²) in [5.74, 6) is -0.512. The fraction of sp³-hybridized carbons (Fsp3) is 0.400. The summed E-state index contributed by atoms with van der Waals surface area (Å²) in [5, 5.41) is 0. The Balaban J connectivity index is 2.25.